The Hall–Kier alpha value is 0.820. The molecule has 0 saturated heterocycles. The first-order valence-electron chi connectivity index (χ1n) is 1.90. The van der Waals surface area contributed by atoms with Gasteiger partial charge in [0.25, 0.3) is 0 Å². The Bertz CT molecular complexity index is 149. The van der Waals surface area contributed by atoms with Gasteiger partial charge in [0.05, 0.1) is 0 Å². The van der Waals surface area contributed by atoms with Crippen LogP contribution in [0.2, 0.25) is 0 Å². The summed E-state index contributed by atoms with van der Waals surface area (Å²) in [5.41, 5.74) is -0.833. The Labute approximate surface area is 76.9 Å². The number of rotatable bonds is 2. The zero-order chi connectivity index (χ0) is 6.78. The molecule has 0 rings (SSSR count). The second kappa shape index (κ2) is 4.61. The second-order valence-electron chi connectivity index (χ2n) is 1.22. The fraction of sp³-hybridized carbons (Fsp3) is 0.667. The first kappa shape index (κ1) is 12.5. The van der Waals surface area contributed by atoms with Gasteiger partial charge in [0.1, 0.15) is 0 Å². The number of hydrogen-bond donors (Lipinski definition) is 1. The van der Waals surface area contributed by atoms with Crippen molar-refractivity contribution in [3.63, 3.8) is 0 Å². The summed E-state index contributed by atoms with van der Waals surface area (Å²) in [4.78, 5) is 18.4. The van der Waals surface area contributed by atoms with E-state index >= 15 is 0 Å². The maximum atomic E-state index is 10.3. The molecular weight excluding hydrogens is 154 g/mol. The maximum absolute atomic E-state index is 10.3. The molecular formula is C3H8NaO4P. The summed E-state index contributed by atoms with van der Waals surface area (Å²) in [7, 11) is -2.87. The van der Waals surface area contributed by atoms with Crippen molar-refractivity contribution in [2.75, 3.05) is 7.11 Å². The van der Waals surface area contributed by atoms with Crippen LogP contribution in [0.4, 0.5) is 0 Å². The van der Waals surface area contributed by atoms with Crippen molar-refractivity contribution in [1.82, 2.24) is 0 Å². The maximum Gasteiger partial charge on any atom is 1.00 e. The van der Waals surface area contributed by atoms with Gasteiger partial charge in [-0.1, -0.05) is 0 Å². The van der Waals surface area contributed by atoms with Crippen molar-refractivity contribution in [2.45, 2.75) is 6.92 Å². The van der Waals surface area contributed by atoms with E-state index in [-0.39, 0.29) is 31.0 Å². The van der Waals surface area contributed by atoms with E-state index in [1.807, 2.05) is 0 Å². The summed E-state index contributed by atoms with van der Waals surface area (Å²) in [6.45, 7) is 1.00. The molecule has 0 saturated carbocycles. The van der Waals surface area contributed by atoms with Gasteiger partial charge in [0, 0.05) is 14.0 Å². The molecule has 0 aliphatic carbocycles. The number of hydrogen-bond acceptors (Lipinski definition) is 3. The Balaban J connectivity index is -0.000000245. The summed E-state index contributed by atoms with van der Waals surface area (Å²) < 4.78 is 14.2. The van der Waals surface area contributed by atoms with Crippen LogP contribution in [0.3, 0.4) is 0 Å². The molecule has 0 aromatic carbocycles. The van der Waals surface area contributed by atoms with Crippen molar-refractivity contribution < 1.29 is 49.8 Å². The van der Waals surface area contributed by atoms with Crippen molar-refractivity contribution in [3.8, 4) is 0 Å². The molecule has 1 atom stereocenters. The molecule has 0 radical (unpaired) electrons. The molecule has 0 aromatic heterocycles. The minimum absolute atomic E-state index is 0. The average Bonchev–Trinajstić information content (AvgIpc) is 1.67. The van der Waals surface area contributed by atoms with Crippen molar-refractivity contribution >= 4 is 13.1 Å². The van der Waals surface area contributed by atoms with Crippen LogP contribution >= 0.6 is 7.60 Å². The van der Waals surface area contributed by atoms with Crippen molar-refractivity contribution in [2.24, 2.45) is 0 Å². The van der Waals surface area contributed by atoms with Crippen LogP contribution in [0.5, 0.6) is 0 Å². The standard InChI is InChI=1S/C3H7O4P.Na.H/c1-3(4)8(5,6)7-2;;/h1-2H3,(H,5,6);;/q;+1;-1. The summed E-state index contributed by atoms with van der Waals surface area (Å²) in [6, 6.07) is 0. The molecule has 0 aliphatic rings. The third kappa shape index (κ3) is 4.25. The topological polar surface area (TPSA) is 63.6 Å². The molecule has 0 amide bonds. The van der Waals surface area contributed by atoms with E-state index in [2.05, 4.69) is 4.52 Å². The summed E-state index contributed by atoms with van der Waals surface area (Å²) >= 11 is 0. The van der Waals surface area contributed by atoms with Gasteiger partial charge >= 0.3 is 37.2 Å². The van der Waals surface area contributed by atoms with Crippen LogP contribution in [0, 0.1) is 0 Å². The molecule has 0 heterocycles. The van der Waals surface area contributed by atoms with Gasteiger partial charge in [-0.25, -0.2) is 0 Å². The zero-order valence-corrected chi connectivity index (χ0v) is 8.51. The van der Waals surface area contributed by atoms with Gasteiger partial charge in [0.15, 0.2) is 0 Å². The fourth-order valence-corrected chi connectivity index (χ4v) is 0.386. The third-order valence-electron chi connectivity index (χ3n) is 0.645. The largest absolute Gasteiger partial charge is 1.00 e. The summed E-state index contributed by atoms with van der Waals surface area (Å²) in [5, 5.41) is 0. The second-order valence-corrected chi connectivity index (χ2v) is 3.26. The van der Waals surface area contributed by atoms with Crippen LogP contribution in [-0.4, -0.2) is 17.5 Å². The zero-order valence-electron chi connectivity index (χ0n) is 6.62. The first-order valence-corrected chi connectivity index (χ1v) is 3.48. The molecule has 0 spiro atoms. The molecule has 0 aromatic rings. The van der Waals surface area contributed by atoms with Crippen LogP contribution in [0.15, 0.2) is 0 Å². The minimum Gasteiger partial charge on any atom is -1.00 e. The monoisotopic (exact) mass is 162 g/mol. The molecule has 9 heavy (non-hydrogen) atoms. The van der Waals surface area contributed by atoms with E-state index < -0.39 is 13.1 Å². The fourth-order valence-electron chi connectivity index (χ4n) is 0.129. The SMILES string of the molecule is COP(=O)(O)C(C)=O.[H-].[Na+]. The van der Waals surface area contributed by atoms with Gasteiger partial charge in [0.2, 0.25) is 5.52 Å². The summed E-state index contributed by atoms with van der Waals surface area (Å²) in [6.07, 6.45) is 0. The van der Waals surface area contributed by atoms with E-state index in [0.29, 0.717) is 0 Å². The normalized spacial score (nSPS) is 15.4. The predicted octanol–water partition coefficient (Wildman–Crippen LogP) is -2.52. The van der Waals surface area contributed by atoms with Gasteiger partial charge in [-0.05, 0) is 0 Å². The van der Waals surface area contributed by atoms with Gasteiger partial charge in [-0.2, -0.15) is 0 Å². The van der Waals surface area contributed by atoms with E-state index in [9.17, 15) is 9.36 Å². The molecule has 6 heteroatoms. The Kier molecular flexibility index (Phi) is 6.39. The number of carbonyl (C=O) groups is 1. The van der Waals surface area contributed by atoms with Crippen LogP contribution < -0.4 is 29.6 Å². The first-order chi connectivity index (χ1) is 3.50. The molecule has 50 valence electrons. The minimum atomic E-state index is -3.88. The van der Waals surface area contributed by atoms with E-state index in [4.69, 9.17) is 4.89 Å². The molecule has 4 nitrogen and oxygen atoms in total. The molecule has 1 N–H and O–H groups in total. The predicted molar refractivity (Wildman–Crippen MR) is 28.6 cm³/mol. The van der Waals surface area contributed by atoms with Gasteiger partial charge in [-0.3, -0.25) is 9.36 Å². The Morgan fingerprint density at radius 1 is 1.78 bits per heavy atom. The summed E-state index contributed by atoms with van der Waals surface area (Å²) in [5.74, 6) is 0. The molecule has 1 unspecified atom stereocenters. The van der Waals surface area contributed by atoms with Gasteiger partial charge < -0.3 is 10.8 Å². The van der Waals surface area contributed by atoms with Crippen LogP contribution in [0.25, 0.3) is 0 Å². The third-order valence-corrected chi connectivity index (χ3v) is 1.94. The Morgan fingerprint density at radius 2 is 2.11 bits per heavy atom. The quantitative estimate of drug-likeness (QED) is 0.359. The van der Waals surface area contributed by atoms with E-state index in [1.165, 1.54) is 0 Å². The number of carbonyl (C=O) groups excluding carboxylic acids is 1. The smallest absolute Gasteiger partial charge is 1.00 e. The average molecular weight is 162 g/mol. The van der Waals surface area contributed by atoms with Gasteiger partial charge in [-0.15, -0.1) is 0 Å². The van der Waals surface area contributed by atoms with Crippen molar-refractivity contribution in [3.05, 3.63) is 0 Å². The Morgan fingerprint density at radius 3 is 2.11 bits per heavy atom. The van der Waals surface area contributed by atoms with E-state index in [0.717, 1.165) is 14.0 Å². The molecule has 0 aliphatic heterocycles. The van der Waals surface area contributed by atoms with Crippen LogP contribution in [0.1, 0.15) is 8.35 Å². The molecule has 0 bridgehead atoms. The van der Waals surface area contributed by atoms with Crippen molar-refractivity contribution in [1.29, 1.82) is 0 Å². The van der Waals surface area contributed by atoms with E-state index in [1.54, 1.807) is 0 Å². The van der Waals surface area contributed by atoms with Crippen LogP contribution in [-0.2, 0) is 13.9 Å². The molecule has 0 fully saturated rings.